The molecule has 1 heterocycles. The minimum atomic E-state index is -0.768. The van der Waals surface area contributed by atoms with Crippen LogP contribution < -0.4 is 4.74 Å². The molecule has 164 valence electrons. The lowest BCUT2D eigenvalue weighted by molar-refractivity contribution is 0.0570. The Kier molecular flexibility index (Phi) is 6.13. The quantitative estimate of drug-likeness (QED) is 0.289. The molecule has 4 N–H and O–H groups in total. The van der Waals surface area contributed by atoms with Crippen molar-refractivity contribution in [2.24, 2.45) is 0 Å². The van der Waals surface area contributed by atoms with Gasteiger partial charge in [-0.05, 0) is 82.0 Å². The summed E-state index contributed by atoms with van der Waals surface area (Å²) in [6.45, 7) is 5.37. The van der Waals surface area contributed by atoms with Gasteiger partial charge in [-0.1, -0.05) is 18.2 Å². The molecule has 0 saturated heterocycles. The molecule has 0 unspecified atom stereocenters. The molecule has 1 aliphatic rings. The SMILES string of the molecule is CC(C)(O)CCC[C@@]1(C)C=Cc2c(O)c(C(=O)C=Cc3ccc(O)cc3)cc(O)c2O1. The zero-order valence-corrected chi connectivity index (χ0v) is 17.9. The average Bonchev–Trinajstić information content (AvgIpc) is 2.69. The fourth-order valence-corrected chi connectivity index (χ4v) is 3.49. The Balaban J connectivity index is 1.81. The number of allylic oxidation sites excluding steroid dienone is 1. The van der Waals surface area contributed by atoms with Crippen molar-refractivity contribution < 1.29 is 30.0 Å². The second-order valence-electron chi connectivity index (χ2n) is 8.74. The largest absolute Gasteiger partial charge is 0.508 e. The highest BCUT2D eigenvalue weighted by Gasteiger charge is 2.32. The average molecular weight is 424 g/mol. The number of hydrogen-bond donors (Lipinski definition) is 4. The summed E-state index contributed by atoms with van der Waals surface area (Å²) >= 11 is 0. The van der Waals surface area contributed by atoms with Gasteiger partial charge in [-0.3, -0.25) is 4.79 Å². The Labute approximate surface area is 181 Å². The summed E-state index contributed by atoms with van der Waals surface area (Å²) in [5.41, 5.74) is -0.549. The van der Waals surface area contributed by atoms with E-state index in [4.69, 9.17) is 4.74 Å². The van der Waals surface area contributed by atoms with Gasteiger partial charge >= 0.3 is 0 Å². The van der Waals surface area contributed by atoms with Gasteiger partial charge in [0.2, 0.25) is 0 Å². The zero-order valence-electron chi connectivity index (χ0n) is 17.9. The van der Waals surface area contributed by atoms with Crippen LogP contribution in [0.15, 0.2) is 42.5 Å². The van der Waals surface area contributed by atoms with Crippen molar-refractivity contribution in [1.29, 1.82) is 0 Å². The summed E-state index contributed by atoms with van der Waals surface area (Å²) in [5, 5.41) is 40.4. The maximum absolute atomic E-state index is 12.6. The van der Waals surface area contributed by atoms with Crippen LogP contribution in [0.25, 0.3) is 12.2 Å². The zero-order chi connectivity index (χ0) is 22.8. The van der Waals surface area contributed by atoms with E-state index in [1.165, 1.54) is 24.3 Å². The van der Waals surface area contributed by atoms with E-state index in [-0.39, 0.29) is 34.1 Å². The van der Waals surface area contributed by atoms with Crippen LogP contribution in [-0.2, 0) is 0 Å². The van der Waals surface area contributed by atoms with Crippen molar-refractivity contribution in [3.05, 3.63) is 59.2 Å². The summed E-state index contributed by atoms with van der Waals surface area (Å²) in [7, 11) is 0. The van der Waals surface area contributed by atoms with Crippen molar-refractivity contribution in [3.8, 4) is 23.0 Å². The topological polar surface area (TPSA) is 107 Å². The molecule has 0 saturated carbocycles. The minimum absolute atomic E-state index is 0.0369. The number of fused-ring (bicyclic) bond motifs is 1. The molecule has 31 heavy (non-hydrogen) atoms. The van der Waals surface area contributed by atoms with Crippen LogP contribution in [0.4, 0.5) is 0 Å². The van der Waals surface area contributed by atoms with E-state index >= 15 is 0 Å². The summed E-state index contributed by atoms with van der Waals surface area (Å²) in [6.07, 6.45) is 8.22. The number of aliphatic hydroxyl groups is 1. The molecule has 2 aromatic rings. The van der Waals surface area contributed by atoms with Crippen molar-refractivity contribution in [2.75, 3.05) is 0 Å². The fourth-order valence-electron chi connectivity index (χ4n) is 3.49. The third-order valence-electron chi connectivity index (χ3n) is 5.25. The van der Waals surface area contributed by atoms with Crippen LogP contribution in [0, 0.1) is 0 Å². The molecule has 1 atom stereocenters. The lowest BCUT2D eigenvalue weighted by atomic mass is 9.90. The van der Waals surface area contributed by atoms with E-state index in [9.17, 15) is 25.2 Å². The summed E-state index contributed by atoms with van der Waals surface area (Å²) < 4.78 is 5.99. The van der Waals surface area contributed by atoms with Crippen LogP contribution in [-0.4, -0.2) is 37.4 Å². The minimum Gasteiger partial charge on any atom is -0.508 e. The first-order valence-electron chi connectivity index (χ1n) is 10.2. The Hall–Kier alpha value is -3.25. The van der Waals surface area contributed by atoms with E-state index in [0.29, 0.717) is 24.8 Å². The van der Waals surface area contributed by atoms with Gasteiger partial charge < -0.3 is 25.2 Å². The van der Waals surface area contributed by atoms with Crippen LogP contribution >= 0.6 is 0 Å². The summed E-state index contributed by atoms with van der Waals surface area (Å²) in [5.74, 6) is -0.713. The lowest BCUT2D eigenvalue weighted by Gasteiger charge is -2.33. The number of phenols is 3. The number of carbonyl (C=O) groups is 1. The number of carbonyl (C=O) groups excluding carboxylic acids is 1. The molecule has 1 aliphatic heterocycles. The predicted octanol–water partition coefficient (Wildman–Crippen LogP) is 4.81. The van der Waals surface area contributed by atoms with Crippen molar-refractivity contribution >= 4 is 17.9 Å². The third kappa shape index (κ3) is 5.47. The molecule has 0 aliphatic carbocycles. The number of ketones is 1. The number of rotatable bonds is 7. The standard InChI is InChI=1S/C25H28O6/c1-24(2,30)12-4-13-25(3)14-11-18-22(29)19(15-21(28)23(18)31-25)20(27)10-7-16-5-8-17(26)9-6-16/h5-11,14-15,26,28-30H,4,12-13H2,1-3H3/t25-/m0/s1. The summed E-state index contributed by atoms with van der Waals surface area (Å²) in [6, 6.07) is 7.52. The molecule has 3 rings (SSSR count). The van der Waals surface area contributed by atoms with E-state index in [1.807, 2.05) is 6.92 Å². The maximum atomic E-state index is 12.6. The molecule has 0 fully saturated rings. The Morgan fingerprint density at radius 2 is 1.84 bits per heavy atom. The van der Waals surface area contributed by atoms with E-state index in [1.54, 1.807) is 44.2 Å². The molecule has 0 radical (unpaired) electrons. The number of ether oxygens (including phenoxy) is 1. The van der Waals surface area contributed by atoms with Gasteiger partial charge in [0, 0.05) is 0 Å². The molecule has 0 amide bonds. The lowest BCUT2D eigenvalue weighted by Crippen LogP contribution is -2.32. The second kappa shape index (κ2) is 8.47. The van der Waals surface area contributed by atoms with E-state index in [0.717, 1.165) is 0 Å². The highest BCUT2D eigenvalue weighted by Crippen LogP contribution is 2.46. The molecular weight excluding hydrogens is 396 g/mol. The second-order valence-corrected chi connectivity index (χ2v) is 8.74. The van der Waals surface area contributed by atoms with Gasteiger partial charge in [-0.2, -0.15) is 0 Å². The third-order valence-corrected chi connectivity index (χ3v) is 5.25. The Bertz CT molecular complexity index is 1030. The number of phenolic OH excluding ortho intramolecular Hbond substituents is 3. The Morgan fingerprint density at radius 1 is 1.16 bits per heavy atom. The number of aromatic hydroxyl groups is 3. The molecule has 6 nitrogen and oxygen atoms in total. The van der Waals surface area contributed by atoms with Crippen LogP contribution in [0.3, 0.4) is 0 Å². The number of hydrogen-bond acceptors (Lipinski definition) is 6. The maximum Gasteiger partial charge on any atom is 0.189 e. The monoisotopic (exact) mass is 424 g/mol. The van der Waals surface area contributed by atoms with Crippen molar-refractivity contribution in [1.82, 2.24) is 0 Å². The normalized spacial score (nSPS) is 18.1. The number of benzene rings is 2. The Morgan fingerprint density at radius 3 is 2.48 bits per heavy atom. The first-order chi connectivity index (χ1) is 14.5. The first-order valence-corrected chi connectivity index (χ1v) is 10.2. The smallest absolute Gasteiger partial charge is 0.189 e. The highest BCUT2D eigenvalue weighted by atomic mass is 16.5. The molecule has 2 aromatic carbocycles. The molecule has 0 spiro atoms. The van der Waals surface area contributed by atoms with Gasteiger partial charge in [0.15, 0.2) is 17.3 Å². The van der Waals surface area contributed by atoms with Gasteiger partial charge in [-0.15, -0.1) is 0 Å². The van der Waals surface area contributed by atoms with E-state index < -0.39 is 17.0 Å². The summed E-state index contributed by atoms with van der Waals surface area (Å²) in [4.78, 5) is 12.6. The van der Waals surface area contributed by atoms with Gasteiger partial charge in [-0.25, -0.2) is 0 Å². The first kappa shape index (κ1) is 22.4. The fraction of sp³-hybridized carbons (Fsp3) is 0.320. The van der Waals surface area contributed by atoms with Crippen molar-refractivity contribution in [3.63, 3.8) is 0 Å². The van der Waals surface area contributed by atoms with Gasteiger partial charge in [0.05, 0.1) is 16.7 Å². The predicted molar refractivity (Wildman–Crippen MR) is 119 cm³/mol. The van der Waals surface area contributed by atoms with Crippen LogP contribution in [0.2, 0.25) is 0 Å². The van der Waals surface area contributed by atoms with Gasteiger partial charge in [0.25, 0.3) is 0 Å². The van der Waals surface area contributed by atoms with Crippen LogP contribution in [0.5, 0.6) is 23.0 Å². The molecular formula is C25H28O6. The van der Waals surface area contributed by atoms with Gasteiger partial charge in [0.1, 0.15) is 17.1 Å². The van der Waals surface area contributed by atoms with Crippen LogP contribution in [0.1, 0.15) is 61.5 Å². The highest BCUT2D eigenvalue weighted by molar-refractivity contribution is 6.10. The van der Waals surface area contributed by atoms with E-state index in [2.05, 4.69) is 0 Å². The molecule has 6 heteroatoms. The molecule has 0 bridgehead atoms. The van der Waals surface area contributed by atoms with Crippen molar-refractivity contribution in [2.45, 2.75) is 51.2 Å². The molecule has 0 aromatic heterocycles.